The molecule has 1 atom stereocenters. The van der Waals surface area contributed by atoms with Crippen molar-refractivity contribution in [3.8, 4) is 0 Å². The van der Waals surface area contributed by atoms with E-state index >= 15 is 0 Å². The Bertz CT molecular complexity index is 324. The zero-order valence-corrected chi connectivity index (χ0v) is 8.60. The van der Waals surface area contributed by atoms with Crippen molar-refractivity contribution < 1.29 is 18.3 Å². The third kappa shape index (κ3) is 3.91. The van der Waals surface area contributed by atoms with E-state index in [1.807, 2.05) is 6.07 Å². The van der Waals surface area contributed by atoms with Crippen LogP contribution in [0.25, 0.3) is 0 Å². The maximum atomic E-state index is 12.0. The van der Waals surface area contributed by atoms with Crippen LogP contribution in [0.2, 0.25) is 0 Å². The number of hydrogen-bond acceptors (Lipinski definition) is 1. The standard InChI is InChI=1S/C11H13F3O/c1-7-3-8(2)5-9(4-7)10(15)6-11(12,13)14/h3-5,10,15H,6H2,1-2H3. The average Bonchev–Trinajstić information content (AvgIpc) is 1.98. The predicted molar refractivity (Wildman–Crippen MR) is 51.5 cm³/mol. The van der Waals surface area contributed by atoms with Gasteiger partial charge < -0.3 is 5.11 Å². The molecule has 1 nitrogen and oxygen atoms in total. The van der Waals surface area contributed by atoms with Crippen LogP contribution in [0, 0.1) is 13.8 Å². The summed E-state index contributed by atoms with van der Waals surface area (Å²) in [6.45, 7) is 3.58. The quantitative estimate of drug-likeness (QED) is 0.807. The van der Waals surface area contributed by atoms with Crippen LogP contribution in [0.3, 0.4) is 0 Å². The largest absolute Gasteiger partial charge is 0.391 e. The molecular weight excluding hydrogens is 205 g/mol. The number of rotatable bonds is 2. The molecule has 0 heterocycles. The zero-order valence-electron chi connectivity index (χ0n) is 8.60. The maximum absolute atomic E-state index is 12.0. The first-order valence-corrected chi connectivity index (χ1v) is 4.61. The molecule has 0 saturated heterocycles. The van der Waals surface area contributed by atoms with Gasteiger partial charge in [-0.15, -0.1) is 0 Å². The van der Waals surface area contributed by atoms with Crippen LogP contribution >= 0.6 is 0 Å². The Hall–Kier alpha value is -1.03. The van der Waals surface area contributed by atoms with Crippen LogP contribution in [-0.2, 0) is 0 Å². The molecule has 15 heavy (non-hydrogen) atoms. The van der Waals surface area contributed by atoms with E-state index in [0.717, 1.165) is 11.1 Å². The summed E-state index contributed by atoms with van der Waals surface area (Å²) in [7, 11) is 0. The van der Waals surface area contributed by atoms with Gasteiger partial charge in [0.15, 0.2) is 0 Å². The summed E-state index contributed by atoms with van der Waals surface area (Å²) in [5.41, 5.74) is 2.03. The van der Waals surface area contributed by atoms with Crippen molar-refractivity contribution in [1.82, 2.24) is 0 Å². The molecule has 1 rings (SSSR count). The number of aliphatic hydroxyl groups is 1. The summed E-state index contributed by atoms with van der Waals surface area (Å²) >= 11 is 0. The summed E-state index contributed by atoms with van der Waals surface area (Å²) in [4.78, 5) is 0. The van der Waals surface area contributed by atoms with Gasteiger partial charge in [0.1, 0.15) is 0 Å². The third-order valence-electron chi connectivity index (χ3n) is 2.05. The van der Waals surface area contributed by atoms with Crippen molar-refractivity contribution in [3.05, 3.63) is 34.9 Å². The van der Waals surface area contributed by atoms with Crippen molar-refractivity contribution in [3.63, 3.8) is 0 Å². The van der Waals surface area contributed by atoms with Gasteiger partial charge in [-0.05, 0) is 19.4 Å². The van der Waals surface area contributed by atoms with Crippen molar-refractivity contribution >= 4 is 0 Å². The molecule has 0 aromatic heterocycles. The minimum atomic E-state index is -4.34. The van der Waals surface area contributed by atoms with Gasteiger partial charge in [0, 0.05) is 0 Å². The van der Waals surface area contributed by atoms with Crippen molar-refractivity contribution in [2.75, 3.05) is 0 Å². The molecule has 4 heteroatoms. The van der Waals surface area contributed by atoms with Crippen molar-refractivity contribution in [1.29, 1.82) is 0 Å². The second kappa shape index (κ2) is 4.23. The van der Waals surface area contributed by atoms with Crippen molar-refractivity contribution in [2.45, 2.75) is 32.5 Å². The third-order valence-corrected chi connectivity index (χ3v) is 2.05. The number of benzene rings is 1. The molecule has 0 aliphatic carbocycles. The van der Waals surface area contributed by atoms with E-state index in [1.165, 1.54) is 0 Å². The second-order valence-electron chi connectivity index (χ2n) is 3.76. The van der Waals surface area contributed by atoms with Crippen LogP contribution in [0.1, 0.15) is 29.2 Å². The van der Waals surface area contributed by atoms with Gasteiger partial charge in [0.2, 0.25) is 0 Å². The molecule has 84 valence electrons. The second-order valence-corrected chi connectivity index (χ2v) is 3.76. The first kappa shape index (κ1) is 12.0. The molecule has 1 N–H and O–H groups in total. The van der Waals surface area contributed by atoms with Crippen LogP contribution in [0.15, 0.2) is 18.2 Å². The smallest absolute Gasteiger partial charge is 0.388 e. The lowest BCUT2D eigenvalue weighted by molar-refractivity contribution is -0.154. The minimum absolute atomic E-state index is 0.324. The highest BCUT2D eigenvalue weighted by Crippen LogP contribution is 2.29. The minimum Gasteiger partial charge on any atom is -0.388 e. The Morgan fingerprint density at radius 2 is 1.60 bits per heavy atom. The van der Waals surface area contributed by atoms with E-state index < -0.39 is 18.7 Å². The molecule has 0 fully saturated rings. The van der Waals surface area contributed by atoms with E-state index in [4.69, 9.17) is 0 Å². The Morgan fingerprint density at radius 1 is 1.13 bits per heavy atom. The van der Waals surface area contributed by atoms with Crippen LogP contribution < -0.4 is 0 Å². The molecule has 0 amide bonds. The van der Waals surface area contributed by atoms with Gasteiger partial charge in [0.05, 0.1) is 12.5 Å². The Labute approximate surface area is 86.5 Å². The Morgan fingerprint density at radius 3 is 2.00 bits per heavy atom. The molecule has 0 aliphatic rings. The Balaban J connectivity index is 2.86. The highest BCUT2D eigenvalue weighted by molar-refractivity contribution is 5.29. The number of hydrogen-bond donors (Lipinski definition) is 1. The highest BCUT2D eigenvalue weighted by Gasteiger charge is 2.31. The number of aryl methyl sites for hydroxylation is 2. The Kier molecular flexibility index (Phi) is 3.39. The fraction of sp³-hybridized carbons (Fsp3) is 0.455. The topological polar surface area (TPSA) is 20.2 Å². The molecule has 0 bridgehead atoms. The summed E-state index contributed by atoms with van der Waals surface area (Å²) in [5, 5.41) is 9.39. The molecular formula is C11H13F3O. The van der Waals surface area contributed by atoms with Crippen LogP contribution in [-0.4, -0.2) is 11.3 Å². The number of alkyl halides is 3. The lowest BCUT2D eigenvalue weighted by Crippen LogP contribution is -2.13. The lowest BCUT2D eigenvalue weighted by atomic mass is 10.0. The van der Waals surface area contributed by atoms with Gasteiger partial charge in [0.25, 0.3) is 0 Å². The molecule has 1 aromatic carbocycles. The molecule has 0 saturated carbocycles. The summed E-state index contributed by atoms with van der Waals surface area (Å²) in [6.07, 6.45) is -7.00. The zero-order chi connectivity index (χ0) is 11.6. The van der Waals surface area contributed by atoms with E-state index in [9.17, 15) is 18.3 Å². The first-order chi connectivity index (χ1) is 6.78. The fourth-order valence-electron chi connectivity index (χ4n) is 1.54. The number of halogens is 3. The molecule has 0 spiro atoms. The van der Waals surface area contributed by atoms with Gasteiger partial charge in [-0.3, -0.25) is 0 Å². The van der Waals surface area contributed by atoms with Crippen molar-refractivity contribution in [2.24, 2.45) is 0 Å². The van der Waals surface area contributed by atoms with E-state index in [1.54, 1.807) is 26.0 Å². The van der Waals surface area contributed by atoms with Gasteiger partial charge in [-0.2, -0.15) is 13.2 Å². The fourth-order valence-corrected chi connectivity index (χ4v) is 1.54. The van der Waals surface area contributed by atoms with E-state index in [2.05, 4.69) is 0 Å². The lowest BCUT2D eigenvalue weighted by Gasteiger charge is -2.14. The normalized spacial score (nSPS) is 14.0. The SMILES string of the molecule is Cc1cc(C)cc(C(O)CC(F)(F)F)c1. The van der Waals surface area contributed by atoms with Crippen LogP contribution in [0.5, 0.6) is 0 Å². The molecule has 1 aromatic rings. The molecule has 0 aliphatic heterocycles. The van der Waals surface area contributed by atoms with E-state index in [0.29, 0.717) is 5.56 Å². The van der Waals surface area contributed by atoms with Gasteiger partial charge in [-0.1, -0.05) is 29.3 Å². The highest BCUT2D eigenvalue weighted by atomic mass is 19.4. The summed E-state index contributed by atoms with van der Waals surface area (Å²) < 4.78 is 36.1. The van der Waals surface area contributed by atoms with Crippen LogP contribution in [0.4, 0.5) is 13.2 Å². The van der Waals surface area contributed by atoms with Gasteiger partial charge in [-0.25, -0.2) is 0 Å². The summed E-state index contributed by atoms with van der Waals surface area (Å²) in [5.74, 6) is 0. The molecule has 1 unspecified atom stereocenters. The van der Waals surface area contributed by atoms with Gasteiger partial charge >= 0.3 is 6.18 Å². The first-order valence-electron chi connectivity index (χ1n) is 4.61. The maximum Gasteiger partial charge on any atom is 0.391 e. The predicted octanol–water partition coefficient (Wildman–Crippen LogP) is 3.29. The monoisotopic (exact) mass is 218 g/mol. The average molecular weight is 218 g/mol. The summed E-state index contributed by atoms with van der Waals surface area (Å²) in [6, 6.07) is 5.00. The molecule has 0 radical (unpaired) electrons. The van der Waals surface area contributed by atoms with E-state index in [-0.39, 0.29) is 0 Å². The number of aliphatic hydroxyl groups excluding tert-OH is 1.